The predicted octanol–water partition coefficient (Wildman–Crippen LogP) is 3.53. The fourth-order valence-electron chi connectivity index (χ4n) is 4.68. The highest BCUT2D eigenvalue weighted by Gasteiger charge is 2.31. The van der Waals surface area contributed by atoms with E-state index in [9.17, 15) is 14.0 Å². The Hall–Kier alpha value is -5.32. The summed E-state index contributed by atoms with van der Waals surface area (Å²) in [7, 11) is 0. The summed E-state index contributed by atoms with van der Waals surface area (Å²) in [5.41, 5.74) is 5.93. The van der Waals surface area contributed by atoms with E-state index in [1.54, 1.807) is 19.1 Å². The number of carbonyl (C=O) groups excluding carboxylic acids is 2. The number of H-pyrrole nitrogens is 1. The van der Waals surface area contributed by atoms with Gasteiger partial charge >= 0.3 is 0 Å². The number of fused-ring (bicyclic) bond motifs is 3. The Balaban J connectivity index is 1.21. The summed E-state index contributed by atoms with van der Waals surface area (Å²) < 4.78 is 13.5. The second-order valence-electron chi connectivity index (χ2n) is 9.09. The number of aromatic nitrogens is 6. The van der Waals surface area contributed by atoms with Gasteiger partial charge in [-0.2, -0.15) is 5.21 Å². The smallest absolute Gasteiger partial charge is 0.270 e. The largest absolute Gasteiger partial charge is 0.347 e. The monoisotopic (exact) mass is 520 g/mol. The molecule has 192 valence electrons. The molecule has 2 amide bonds. The summed E-state index contributed by atoms with van der Waals surface area (Å²) in [6.45, 7) is 1.84. The van der Waals surface area contributed by atoms with Crippen LogP contribution in [0.15, 0.2) is 73.1 Å². The van der Waals surface area contributed by atoms with Crippen molar-refractivity contribution in [2.24, 2.45) is 0 Å². The van der Waals surface area contributed by atoms with Crippen LogP contribution in [0.1, 0.15) is 49.3 Å². The maximum Gasteiger partial charge on any atom is 0.270 e. The molecule has 1 aliphatic rings. The molecule has 0 fully saturated rings. The number of carbonyl (C=O) groups is 2. The van der Waals surface area contributed by atoms with Crippen LogP contribution in [0.5, 0.6) is 0 Å². The first-order chi connectivity index (χ1) is 19.0. The van der Waals surface area contributed by atoms with Gasteiger partial charge in [-0.25, -0.2) is 14.4 Å². The molecule has 3 N–H and O–H groups in total. The average molecular weight is 521 g/mol. The maximum atomic E-state index is 13.5. The summed E-state index contributed by atoms with van der Waals surface area (Å²) in [6, 6.07) is 19.2. The first-order valence-electron chi connectivity index (χ1n) is 12.1. The van der Waals surface area contributed by atoms with Gasteiger partial charge in [-0.15, -0.1) is 10.2 Å². The van der Waals surface area contributed by atoms with E-state index in [-0.39, 0.29) is 23.7 Å². The Morgan fingerprint density at radius 3 is 2.51 bits per heavy atom. The lowest BCUT2D eigenvalue weighted by atomic mass is 10.0. The Kier molecular flexibility index (Phi) is 6.08. The van der Waals surface area contributed by atoms with Crippen LogP contribution >= 0.6 is 0 Å². The van der Waals surface area contributed by atoms with Crippen molar-refractivity contribution in [3.8, 4) is 22.5 Å². The fourth-order valence-corrected chi connectivity index (χ4v) is 4.68. The van der Waals surface area contributed by atoms with Crippen LogP contribution in [0.2, 0.25) is 0 Å². The average Bonchev–Trinajstić information content (AvgIpc) is 3.61. The zero-order chi connectivity index (χ0) is 26.9. The van der Waals surface area contributed by atoms with Gasteiger partial charge in [0, 0.05) is 18.2 Å². The lowest BCUT2D eigenvalue weighted by molar-refractivity contribution is 0.0938. The number of halogens is 1. The van der Waals surface area contributed by atoms with Crippen molar-refractivity contribution in [2.75, 3.05) is 0 Å². The molecule has 10 nitrogen and oxygen atoms in total. The topological polar surface area (TPSA) is 138 Å². The van der Waals surface area contributed by atoms with Crippen molar-refractivity contribution in [3.05, 3.63) is 113 Å². The van der Waals surface area contributed by atoms with Crippen LogP contribution in [-0.4, -0.2) is 42.4 Å². The zero-order valence-corrected chi connectivity index (χ0v) is 20.6. The summed E-state index contributed by atoms with van der Waals surface area (Å²) in [5.74, 6) is -0.755. The molecule has 1 atom stereocenters. The van der Waals surface area contributed by atoms with Gasteiger partial charge in [0.1, 0.15) is 23.5 Å². The number of rotatable bonds is 6. The molecule has 11 heteroatoms. The van der Waals surface area contributed by atoms with Crippen LogP contribution in [-0.2, 0) is 6.54 Å². The molecule has 0 bridgehead atoms. The maximum absolute atomic E-state index is 13.5. The van der Waals surface area contributed by atoms with E-state index in [1.807, 2.05) is 42.5 Å². The quantitative estimate of drug-likeness (QED) is 0.311. The highest BCUT2D eigenvalue weighted by atomic mass is 19.1. The van der Waals surface area contributed by atoms with Gasteiger partial charge < -0.3 is 10.6 Å². The highest BCUT2D eigenvalue weighted by Crippen LogP contribution is 2.44. The molecule has 3 aromatic carbocycles. The molecule has 0 aliphatic heterocycles. The molecule has 6 rings (SSSR count). The lowest BCUT2D eigenvalue weighted by Crippen LogP contribution is -2.30. The SMILES string of the molecule is Cc1cc(CNC(=O)c2cc(C(=O)N[C@@H]3c4ccccc4-c4cc(-c5nn[nH]n5)ccc43)ncn2)ccc1F. The van der Waals surface area contributed by atoms with Gasteiger partial charge in [-0.05, 0) is 57.7 Å². The van der Waals surface area contributed by atoms with Gasteiger partial charge in [0.15, 0.2) is 0 Å². The minimum absolute atomic E-state index is 0.0472. The minimum Gasteiger partial charge on any atom is -0.347 e. The number of aryl methyl sites for hydroxylation is 1. The molecule has 0 unspecified atom stereocenters. The summed E-state index contributed by atoms with van der Waals surface area (Å²) in [5, 5.41) is 20.0. The van der Waals surface area contributed by atoms with Gasteiger partial charge in [0.05, 0.1) is 6.04 Å². The molecule has 1 aliphatic carbocycles. The number of nitrogens with zero attached hydrogens (tertiary/aromatic N) is 5. The number of tetrazole rings is 1. The van der Waals surface area contributed by atoms with Crippen molar-refractivity contribution in [1.29, 1.82) is 0 Å². The van der Waals surface area contributed by atoms with E-state index < -0.39 is 17.9 Å². The Morgan fingerprint density at radius 1 is 0.923 bits per heavy atom. The predicted molar refractivity (Wildman–Crippen MR) is 139 cm³/mol. The summed E-state index contributed by atoms with van der Waals surface area (Å²) >= 11 is 0. The second kappa shape index (κ2) is 9.86. The van der Waals surface area contributed by atoms with Gasteiger partial charge in [-0.3, -0.25) is 9.59 Å². The molecule has 2 aromatic heterocycles. The molecular formula is C28H21FN8O2. The normalized spacial score (nSPS) is 13.4. The Bertz CT molecular complexity index is 1720. The third-order valence-corrected chi connectivity index (χ3v) is 6.61. The third-order valence-electron chi connectivity index (χ3n) is 6.61. The number of nitrogens with one attached hydrogen (secondary N) is 3. The van der Waals surface area contributed by atoms with Crippen LogP contribution in [0.4, 0.5) is 4.39 Å². The molecule has 5 aromatic rings. The van der Waals surface area contributed by atoms with E-state index in [2.05, 4.69) is 41.2 Å². The number of aromatic amines is 1. The van der Waals surface area contributed by atoms with Gasteiger partial charge in [0.25, 0.3) is 11.8 Å². The van der Waals surface area contributed by atoms with Crippen molar-refractivity contribution in [1.82, 2.24) is 41.2 Å². The number of hydrogen-bond acceptors (Lipinski definition) is 7. The van der Waals surface area contributed by atoms with E-state index >= 15 is 0 Å². The summed E-state index contributed by atoms with van der Waals surface area (Å²) in [6.07, 6.45) is 1.18. The van der Waals surface area contributed by atoms with Gasteiger partial charge in [0.2, 0.25) is 5.82 Å². The first kappa shape index (κ1) is 24.0. The van der Waals surface area contributed by atoms with E-state index in [0.717, 1.165) is 33.4 Å². The van der Waals surface area contributed by atoms with Crippen LogP contribution < -0.4 is 10.6 Å². The molecule has 0 saturated carbocycles. The zero-order valence-electron chi connectivity index (χ0n) is 20.6. The number of benzene rings is 3. The molecule has 0 spiro atoms. The highest BCUT2D eigenvalue weighted by molar-refractivity contribution is 5.98. The molecular weight excluding hydrogens is 499 g/mol. The minimum atomic E-state index is -0.473. The van der Waals surface area contributed by atoms with Crippen LogP contribution in [0.25, 0.3) is 22.5 Å². The van der Waals surface area contributed by atoms with Gasteiger partial charge in [-0.1, -0.05) is 48.5 Å². The second-order valence-corrected chi connectivity index (χ2v) is 9.09. The van der Waals surface area contributed by atoms with E-state index in [1.165, 1.54) is 18.5 Å². The first-order valence-corrected chi connectivity index (χ1v) is 12.1. The standard InChI is InChI=1S/C28H21FN8O2/c1-15-10-16(6-9-22(15)29)13-30-27(38)23-12-24(32-14-31-23)28(39)33-25-19-5-3-2-4-18(19)21-11-17(7-8-20(21)25)26-34-36-37-35-26/h2-12,14,25H,13H2,1H3,(H,30,38)(H,33,39)(H,34,35,36,37)/t25-/m1/s1. The van der Waals surface area contributed by atoms with Crippen molar-refractivity contribution >= 4 is 11.8 Å². The van der Waals surface area contributed by atoms with E-state index in [0.29, 0.717) is 11.4 Å². The lowest BCUT2D eigenvalue weighted by Gasteiger charge is -2.16. The van der Waals surface area contributed by atoms with Crippen molar-refractivity contribution in [2.45, 2.75) is 19.5 Å². The van der Waals surface area contributed by atoms with Crippen molar-refractivity contribution < 1.29 is 14.0 Å². The number of hydrogen-bond donors (Lipinski definition) is 3. The molecule has 0 radical (unpaired) electrons. The third kappa shape index (κ3) is 4.61. The van der Waals surface area contributed by atoms with Crippen LogP contribution in [0.3, 0.4) is 0 Å². The molecule has 39 heavy (non-hydrogen) atoms. The molecule has 0 saturated heterocycles. The molecule has 2 heterocycles. The van der Waals surface area contributed by atoms with E-state index in [4.69, 9.17) is 0 Å². The summed E-state index contributed by atoms with van der Waals surface area (Å²) in [4.78, 5) is 34.1. The Labute approximate surface area is 221 Å². The van der Waals surface area contributed by atoms with Crippen molar-refractivity contribution in [3.63, 3.8) is 0 Å². The number of amides is 2. The Morgan fingerprint density at radius 2 is 1.72 bits per heavy atom. The fraction of sp³-hybridized carbons (Fsp3) is 0.107. The van der Waals surface area contributed by atoms with Crippen LogP contribution in [0, 0.1) is 12.7 Å².